The van der Waals surface area contributed by atoms with E-state index in [-0.39, 0.29) is 25.8 Å². The first-order valence-electron chi connectivity index (χ1n) is 9.89. The van der Waals surface area contributed by atoms with E-state index in [2.05, 4.69) is 0 Å². The number of ketones is 8. The Bertz CT molecular complexity index is 794. The van der Waals surface area contributed by atoms with Crippen LogP contribution in [-0.2, 0) is 25.8 Å². The van der Waals surface area contributed by atoms with Crippen LogP contribution in [0.25, 0.3) is 0 Å². The van der Waals surface area contributed by atoms with Gasteiger partial charge in [0.2, 0.25) is 0 Å². The Balaban J connectivity index is -0.000000139. The van der Waals surface area contributed by atoms with Gasteiger partial charge in [-0.05, 0) is 0 Å². The summed E-state index contributed by atoms with van der Waals surface area (Å²) in [6.07, 6.45) is -22.2. The third kappa shape index (κ3) is 33.5. The van der Waals surface area contributed by atoms with Crippen molar-refractivity contribution in [3.05, 3.63) is 0 Å². The number of hydrogen-bond acceptors (Lipinski definition) is 0. The van der Waals surface area contributed by atoms with Gasteiger partial charge in [0.05, 0.1) is 0 Å². The Morgan fingerprint density at radius 2 is 0.439 bits per heavy atom. The van der Waals surface area contributed by atoms with Gasteiger partial charge in [0, 0.05) is 53.5 Å². The third-order valence-electron chi connectivity index (χ3n) is 3.00. The minimum atomic E-state index is -4.72. The SMILES string of the molecule is CC(=[OH+])CC(=[OH+])C(F)(F)F.CC(=[OH+])CC(=[OH+])C(F)(F)F.CC(=[OH+])CC(=[OH+])C(F)(F)F.CC(=[OH+])CC(=[OH+])C(F)(F)F.[Hf]. The smallest absolute Gasteiger partial charge is 0.283 e. The number of halogens is 12. The topological polar surface area (TPSA) is 171 Å². The number of rotatable bonds is 8. The van der Waals surface area contributed by atoms with Gasteiger partial charge in [0.1, 0.15) is 0 Å². The van der Waals surface area contributed by atoms with Crippen molar-refractivity contribution in [2.75, 3.05) is 0 Å². The van der Waals surface area contributed by atoms with Crippen LogP contribution in [0.15, 0.2) is 0 Å². The van der Waals surface area contributed by atoms with Crippen LogP contribution < -0.4 is 0 Å². The molecule has 0 unspecified atom stereocenters. The van der Waals surface area contributed by atoms with Crippen molar-refractivity contribution in [2.45, 2.75) is 78.1 Å². The van der Waals surface area contributed by atoms with Crippen LogP contribution in [0.1, 0.15) is 53.4 Å². The maximum atomic E-state index is 11.4. The summed E-state index contributed by atoms with van der Waals surface area (Å²) in [7, 11) is 0. The molecule has 0 aromatic carbocycles. The van der Waals surface area contributed by atoms with Crippen molar-refractivity contribution >= 4 is 46.3 Å². The molecule has 0 heterocycles. The molecule has 0 saturated heterocycles. The fourth-order valence-electron chi connectivity index (χ4n) is 1.37. The first-order chi connectivity index (χ1) is 17.3. The molecule has 0 aliphatic heterocycles. The zero-order valence-electron chi connectivity index (χ0n) is 21.4. The Morgan fingerprint density at radius 1 is 0.341 bits per heavy atom. The van der Waals surface area contributed by atoms with Gasteiger partial charge in [0.25, 0.3) is 0 Å². The average Bonchev–Trinajstić information content (AvgIpc) is 2.64. The maximum absolute atomic E-state index is 11.4. The van der Waals surface area contributed by atoms with E-state index >= 15 is 0 Å². The molecule has 0 aliphatic rings. The second kappa shape index (κ2) is 20.3. The third-order valence-corrected chi connectivity index (χ3v) is 3.00. The molecule has 0 aromatic heterocycles. The van der Waals surface area contributed by atoms with E-state index in [0.29, 0.717) is 0 Å². The molecule has 8 nitrogen and oxygen atoms in total. The number of alkyl halides is 12. The van der Waals surface area contributed by atoms with E-state index in [9.17, 15) is 52.7 Å². The summed E-state index contributed by atoms with van der Waals surface area (Å²) in [5, 5.41) is 0. The standard InChI is InChI=1S/4C5H5F3O2.Hf/c4*1-3(9)2-4(10)5(6,7)8;/h4*2H2,1H3;/p+8. The predicted octanol–water partition coefficient (Wildman–Crippen LogP) is 4.19. The zero-order chi connectivity index (χ0) is 33.4. The first kappa shape index (κ1) is 48.1. The summed E-state index contributed by atoms with van der Waals surface area (Å²) in [6, 6.07) is 0. The van der Waals surface area contributed by atoms with Crippen LogP contribution >= 0.6 is 0 Å². The van der Waals surface area contributed by atoms with Crippen LogP contribution in [0.4, 0.5) is 52.7 Å². The van der Waals surface area contributed by atoms with Gasteiger partial charge in [0.15, 0.2) is 25.7 Å². The molecule has 0 spiro atoms. The van der Waals surface area contributed by atoms with Gasteiger partial charge in [-0.2, -0.15) is 52.7 Å². The van der Waals surface area contributed by atoms with Crippen molar-refractivity contribution in [2.24, 2.45) is 0 Å². The molecule has 0 aliphatic carbocycles. The summed E-state index contributed by atoms with van der Waals surface area (Å²) in [5.74, 6) is -8.55. The van der Waals surface area contributed by atoms with Crippen LogP contribution in [0, 0.1) is 0 Å². The monoisotopic (exact) mass is 804 g/mol. The summed E-state index contributed by atoms with van der Waals surface area (Å²) in [5.41, 5.74) is 0. The Labute approximate surface area is 241 Å². The Hall–Kier alpha value is -2.61. The number of carbonyl (C=O) groups excluding carboxylic acids is 8. The molecule has 0 amide bonds. The van der Waals surface area contributed by atoms with Crippen LogP contribution in [-0.4, -0.2) is 109 Å². The molecular weight excluding hydrogens is 775 g/mol. The van der Waals surface area contributed by atoms with Crippen LogP contribution in [0.2, 0.25) is 0 Å². The Kier molecular flexibility index (Phi) is 23.8. The van der Waals surface area contributed by atoms with Crippen molar-refractivity contribution in [1.82, 2.24) is 0 Å². The van der Waals surface area contributed by atoms with Gasteiger partial charge in [-0.15, -0.1) is 0 Å². The summed E-state index contributed by atoms with van der Waals surface area (Å²) < 4.78 is 137. The molecule has 0 bridgehead atoms. The van der Waals surface area contributed by atoms with Crippen molar-refractivity contribution in [3.63, 3.8) is 0 Å². The summed E-state index contributed by atoms with van der Waals surface area (Å²) in [4.78, 5) is 66.0. The largest absolute Gasteiger partial charge is 0.505 e. The molecule has 236 valence electrons. The van der Waals surface area contributed by atoms with Gasteiger partial charge >= 0.3 is 71.0 Å². The molecule has 21 heteroatoms. The molecule has 0 atom stereocenters. The minimum Gasteiger partial charge on any atom is -0.283 e. The summed E-state index contributed by atoms with van der Waals surface area (Å²) >= 11 is 0. The van der Waals surface area contributed by atoms with Gasteiger partial charge in [-0.3, -0.25) is 38.4 Å². The van der Waals surface area contributed by atoms with E-state index in [0.717, 1.165) is 27.7 Å². The normalized spacial score (nSPS) is 10.9. The molecule has 0 radical (unpaired) electrons. The average molecular weight is 803 g/mol. The van der Waals surface area contributed by atoms with Gasteiger partial charge in [-0.1, -0.05) is 0 Å². The summed E-state index contributed by atoms with van der Waals surface area (Å²) in [6.45, 7) is 4.34. The maximum Gasteiger partial charge on any atom is 0.505 e. The first-order valence-corrected chi connectivity index (χ1v) is 9.89. The molecule has 0 aromatic rings. The van der Waals surface area contributed by atoms with Gasteiger partial charge < -0.3 is 0 Å². The molecule has 41 heavy (non-hydrogen) atoms. The fraction of sp³-hybridized carbons (Fsp3) is 0.600. The molecule has 0 fully saturated rings. The second-order valence-corrected chi connectivity index (χ2v) is 7.43. The Morgan fingerprint density at radius 3 is 0.463 bits per heavy atom. The van der Waals surface area contributed by atoms with Crippen LogP contribution in [0.3, 0.4) is 0 Å². The van der Waals surface area contributed by atoms with E-state index in [1.165, 1.54) is 0 Å². The molecule has 8 N–H and O–H groups in total. The zero-order valence-corrected chi connectivity index (χ0v) is 25.0. The fourth-order valence-corrected chi connectivity index (χ4v) is 1.37. The van der Waals surface area contributed by atoms with E-state index in [1.54, 1.807) is 0 Å². The van der Waals surface area contributed by atoms with Crippen molar-refractivity contribution in [3.8, 4) is 0 Å². The molecule has 0 rings (SSSR count). The quantitative estimate of drug-likeness (QED) is 0.149. The van der Waals surface area contributed by atoms with E-state index < -0.39 is 96.7 Å². The van der Waals surface area contributed by atoms with Crippen LogP contribution in [0.5, 0.6) is 0 Å². The van der Waals surface area contributed by atoms with E-state index in [1.807, 2.05) is 0 Å². The number of hydrogen-bond donors (Lipinski definition) is 0. The van der Waals surface area contributed by atoms with Gasteiger partial charge in [-0.25, -0.2) is 0 Å². The predicted molar refractivity (Wildman–Crippen MR) is 121 cm³/mol. The van der Waals surface area contributed by atoms with Crippen molar-refractivity contribution < 1.29 is 117 Å². The molecule has 0 saturated carbocycles. The molecular formula is C20H28F12HfO8+8. The van der Waals surface area contributed by atoms with E-state index in [4.69, 9.17) is 38.4 Å². The second-order valence-electron chi connectivity index (χ2n) is 7.43. The van der Waals surface area contributed by atoms with Crippen molar-refractivity contribution in [1.29, 1.82) is 0 Å². The minimum absolute atomic E-state index is 0.